The van der Waals surface area contributed by atoms with Crippen LogP contribution < -0.4 is 5.56 Å². The van der Waals surface area contributed by atoms with E-state index >= 15 is 0 Å². The minimum absolute atomic E-state index is 0.104. The Morgan fingerprint density at radius 3 is 2.88 bits per heavy atom. The van der Waals surface area contributed by atoms with Crippen LogP contribution in [0, 0.1) is 4.77 Å². The van der Waals surface area contributed by atoms with Crippen LogP contribution in [0.4, 0.5) is 0 Å². The highest BCUT2D eigenvalue weighted by atomic mass is 32.1. The molecule has 86 valence electrons. The zero-order valence-electron chi connectivity index (χ0n) is 9.36. The quantitative estimate of drug-likeness (QED) is 0.828. The lowest BCUT2D eigenvalue weighted by molar-refractivity contribution is 0.634. The maximum Gasteiger partial charge on any atom is 0.282 e. The first-order valence-corrected chi connectivity index (χ1v) is 5.78. The molecule has 0 amide bonds. The molecule has 0 saturated carbocycles. The Morgan fingerprint density at radius 1 is 1.50 bits per heavy atom. The number of fused-ring (bicyclic) bond motifs is 1. The fraction of sp³-hybridized carbons (Fsp3) is 0.500. The van der Waals surface area contributed by atoms with Gasteiger partial charge in [-0.3, -0.25) is 14.0 Å². The van der Waals surface area contributed by atoms with Crippen LogP contribution in [0.25, 0.3) is 11.0 Å². The monoisotopic (exact) mass is 238 g/mol. The second kappa shape index (κ2) is 4.21. The summed E-state index contributed by atoms with van der Waals surface area (Å²) in [6.45, 7) is 5.35. The van der Waals surface area contributed by atoms with Crippen LogP contribution in [0.5, 0.6) is 0 Å². The van der Waals surface area contributed by atoms with Gasteiger partial charge in [-0.05, 0) is 25.6 Å². The molecule has 0 aromatic carbocycles. The Kier molecular flexibility index (Phi) is 2.91. The SMILES string of the molecule is CCCn1c(=S)[nH]c2cn(CC)nc2c1=O. The van der Waals surface area contributed by atoms with Crippen LogP contribution in [-0.2, 0) is 13.1 Å². The smallest absolute Gasteiger partial charge is 0.282 e. The van der Waals surface area contributed by atoms with Crippen LogP contribution in [-0.4, -0.2) is 19.3 Å². The first-order chi connectivity index (χ1) is 7.67. The van der Waals surface area contributed by atoms with Crippen molar-refractivity contribution in [3.8, 4) is 0 Å². The molecule has 16 heavy (non-hydrogen) atoms. The van der Waals surface area contributed by atoms with Crippen LogP contribution in [0.15, 0.2) is 11.0 Å². The standard InChI is InChI=1S/C10H14N4OS/c1-3-5-14-9(15)8-7(11-10(14)16)6-13(4-2)12-8/h6H,3-5H2,1-2H3,(H,11,16). The second-order valence-electron chi connectivity index (χ2n) is 3.63. The van der Waals surface area contributed by atoms with E-state index in [1.807, 2.05) is 20.0 Å². The third-order valence-corrected chi connectivity index (χ3v) is 2.79. The molecule has 2 aromatic heterocycles. The van der Waals surface area contributed by atoms with Gasteiger partial charge in [-0.1, -0.05) is 6.92 Å². The topological polar surface area (TPSA) is 55.6 Å². The van der Waals surface area contributed by atoms with Crippen LogP contribution in [0.1, 0.15) is 20.3 Å². The van der Waals surface area contributed by atoms with E-state index in [0.29, 0.717) is 22.3 Å². The van der Waals surface area contributed by atoms with Gasteiger partial charge >= 0.3 is 0 Å². The molecule has 0 spiro atoms. The Morgan fingerprint density at radius 2 is 2.25 bits per heavy atom. The van der Waals surface area contributed by atoms with Gasteiger partial charge in [0.1, 0.15) is 0 Å². The number of hydrogen-bond acceptors (Lipinski definition) is 3. The van der Waals surface area contributed by atoms with Gasteiger partial charge in [0.15, 0.2) is 10.3 Å². The lowest BCUT2D eigenvalue weighted by Gasteiger charge is -2.02. The highest BCUT2D eigenvalue weighted by molar-refractivity contribution is 7.71. The molecule has 0 atom stereocenters. The zero-order chi connectivity index (χ0) is 11.7. The van der Waals surface area contributed by atoms with Crippen molar-refractivity contribution in [2.24, 2.45) is 0 Å². The van der Waals surface area contributed by atoms with E-state index in [9.17, 15) is 4.79 Å². The number of aromatic nitrogens is 4. The molecular weight excluding hydrogens is 224 g/mol. The van der Waals surface area contributed by atoms with E-state index in [2.05, 4.69) is 10.1 Å². The van der Waals surface area contributed by atoms with Gasteiger partial charge in [0.2, 0.25) is 0 Å². The number of aromatic amines is 1. The Balaban J connectivity index is 2.76. The molecule has 1 N–H and O–H groups in total. The molecule has 0 fully saturated rings. The first kappa shape index (κ1) is 11.1. The Hall–Kier alpha value is -1.43. The van der Waals surface area contributed by atoms with Gasteiger partial charge in [0, 0.05) is 19.3 Å². The fourth-order valence-electron chi connectivity index (χ4n) is 1.66. The summed E-state index contributed by atoms with van der Waals surface area (Å²) in [5.74, 6) is 0. The molecule has 0 radical (unpaired) electrons. The van der Waals surface area contributed by atoms with Crippen LogP contribution >= 0.6 is 12.2 Å². The Bertz CT molecular complexity index is 622. The van der Waals surface area contributed by atoms with Gasteiger partial charge in [0.25, 0.3) is 5.56 Å². The average Bonchev–Trinajstić information content (AvgIpc) is 2.67. The summed E-state index contributed by atoms with van der Waals surface area (Å²) in [5, 5.41) is 4.22. The summed E-state index contributed by atoms with van der Waals surface area (Å²) in [6.07, 6.45) is 2.68. The van der Waals surface area contributed by atoms with E-state index in [1.54, 1.807) is 9.25 Å². The van der Waals surface area contributed by atoms with Gasteiger partial charge < -0.3 is 4.98 Å². The highest BCUT2D eigenvalue weighted by Crippen LogP contribution is 2.04. The van der Waals surface area contributed by atoms with Crippen molar-refractivity contribution in [3.05, 3.63) is 21.3 Å². The van der Waals surface area contributed by atoms with Crippen LogP contribution in [0.3, 0.4) is 0 Å². The average molecular weight is 238 g/mol. The van der Waals surface area contributed by atoms with E-state index in [0.717, 1.165) is 13.0 Å². The van der Waals surface area contributed by atoms with Crippen molar-refractivity contribution in [1.29, 1.82) is 0 Å². The molecule has 0 unspecified atom stereocenters. The van der Waals surface area contributed by atoms with Gasteiger partial charge in [-0.15, -0.1) is 0 Å². The normalized spacial score (nSPS) is 11.1. The molecule has 5 nitrogen and oxygen atoms in total. The molecule has 2 aromatic rings. The third kappa shape index (κ3) is 1.69. The molecule has 0 bridgehead atoms. The van der Waals surface area contributed by atoms with E-state index in [-0.39, 0.29) is 5.56 Å². The number of nitrogens with zero attached hydrogens (tertiary/aromatic N) is 3. The van der Waals surface area contributed by atoms with Crippen molar-refractivity contribution in [2.75, 3.05) is 0 Å². The van der Waals surface area contributed by atoms with Gasteiger partial charge in [-0.2, -0.15) is 5.10 Å². The largest absolute Gasteiger partial charge is 0.329 e. The fourth-order valence-corrected chi connectivity index (χ4v) is 1.95. The van der Waals surface area contributed by atoms with Crippen LogP contribution in [0.2, 0.25) is 0 Å². The summed E-state index contributed by atoms with van der Waals surface area (Å²) in [7, 11) is 0. The number of rotatable bonds is 3. The molecule has 2 heterocycles. The van der Waals surface area contributed by atoms with Crippen molar-refractivity contribution in [2.45, 2.75) is 33.4 Å². The molecule has 0 saturated heterocycles. The number of H-pyrrole nitrogens is 1. The van der Waals surface area contributed by atoms with Gasteiger partial charge in [-0.25, -0.2) is 0 Å². The van der Waals surface area contributed by atoms with Crippen molar-refractivity contribution < 1.29 is 0 Å². The van der Waals surface area contributed by atoms with Crippen molar-refractivity contribution in [1.82, 2.24) is 19.3 Å². The second-order valence-corrected chi connectivity index (χ2v) is 4.02. The van der Waals surface area contributed by atoms with Gasteiger partial charge in [0.05, 0.1) is 5.52 Å². The number of aryl methyl sites for hydroxylation is 1. The maximum absolute atomic E-state index is 12.1. The summed E-state index contributed by atoms with van der Waals surface area (Å²) in [6, 6.07) is 0. The maximum atomic E-state index is 12.1. The zero-order valence-corrected chi connectivity index (χ0v) is 10.2. The summed E-state index contributed by atoms with van der Waals surface area (Å²) in [4.78, 5) is 15.1. The summed E-state index contributed by atoms with van der Waals surface area (Å²) < 4.78 is 3.76. The minimum Gasteiger partial charge on any atom is -0.329 e. The lowest BCUT2D eigenvalue weighted by atomic mass is 10.4. The molecule has 6 heteroatoms. The molecule has 2 rings (SSSR count). The van der Waals surface area contributed by atoms with E-state index in [4.69, 9.17) is 12.2 Å². The Labute approximate surface area is 97.7 Å². The van der Waals surface area contributed by atoms with Crippen molar-refractivity contribution in [3.63, 3.8) is 0 Å². The number of nitrogens with one attached hydrogen (secondary N) is 1. The predicted molar refractivity (Wildman–Crippen MR) is 65.1 cm³/mol. The predicted octanol–water partition coefficient (Wildman–Crippen LogP) is 1.69. The molecule has 0 aliphatic heterocycles. The highest BCUT2D eigenvalue weighted by Gasteiger charge is 2.08. The third-order valence-electron chi connectivity index (χ3n) is 2.47. The summed E-state index contributed by atoms with van der Waals surface area (Å²) >= 11 is 5.15. The van der Waals surface area contributed by atoms with Crippen molar-refractivity contribution >= 4 is 23.3 Å². The van der Waals surface area contributed by atoms with E-state index < -0.39 is 0 Å². The molecule has 0 aliphatic rings. The number of hydrogen-bond donors (Lipinski definition) is 1. The summed E-state index contributed by atoms with van der Waals surface area (Å²) in [5.41, 5.74) is 1.07. The molecular formula is C10H14N4OS. The first-order valence-electron chi connectivity index (χ1n) is 5.37. The minimum atomic E-state index is -0.104. The molecule has 0 aliphatic carbocycles. The lowest BCUT2D eigenvalue weighted by Crippen LogP contribution is -2.22. The van der Waals surface area contributed by atoms with E-state index in [1.165, 1.54) is 0 Å².